The van der Waals surface area contributed by atoms with Crippen LogP contribution in [0.4, 0.5) is 0 Å². The Morgan fingerprint density at radius 1 is 0.860 bits per heavy atom. The van der Waals surface area contributed by atoms with E-state index in [1.54, 1.807) is 6.92 Å². The summed E-state index contributed by atoms with van der Waals surface area (Å²) in [6, 6.07) is 0. The van der Waals surface area contributed by atoms with Crippen molar-refractivity contribution in [3.8, 4) is 0 Å². The molecule has 4 saturated carbocycles. The molecule has 7 nitrogen and oxygen atoms in total. The van der Waals surface area contributed by atoms with E-state index in [2.05, 4.69) is 61.5 Å². The summed E-state index contributed by atoms with van der Waals surface area (Å²) in [7, 11) is 0. The van der Waals surface area contributed by atoms with Crippen molar-refractivity contribution < 1.29 is 35.0 Å². The van der Waals surface area contributed by atoms with Crippen LogP contribution in [0.3, 0.4) is 0 Å². The Hall–Kier alpha value is -0.540. The molecule has 0 radical (unpaired) electrons. The monoisotopic (exact) mass is 606 g/mol. The minimum atomic E-state index is -1.36. The second kappa shape index (κ2) is 11.3. The van der Waals surface area contributed by atoms with Crippen molar-refractivity contribution in [3.05, 3.63) is 11.6 Å². The quantitative estimate of drug-likeness (QED) is 0.259. The lowest BCUT2D eigenvalue weighted by Crippen LogP contribution is -2.67. The normalized spacial score (nSPS) is 52.4. The molecule has 8 unspecified atom stereocenters. The lowest BCUT2D eigenvalue weighted by molar-refractivity contribution is -0.330. The zero-order valence-electron chi connectivity index (χ0n) is 28.3. The van der Waals surface area contributed by atoms with Gasteiger partial charge in [0, 0.05) is 0 Å². The van der Waals surface area contributed by atoms with E-state index in [4.69, 9.17) is 9.47 Å². The lowest BCUT2D eigenvalue weighted by Gasteiger charge is -2.70. The van der Waals surface area contributed by atoms with Gasteiger partial charge in [0.25, 0.3) is 0 Å². The zero-order valence-corrected chi connectivity index (χ0v) is 28.3. The zero-order chi connectivity index (χ0) is 31.9. The van der Waals surface area contributed by atoms with Gasteiger partial charge in [-0.1, -0.05) is 46.3 Å². The van der Waals surface area contributed by atoms with Crippen LogP contribution in [0.25, 0.3) is 0 Å². The van der Waals surface area contributed by atoms with Gasteiger partial charge in [-0.2, -0.15) is 0 Å². The van der Waals surface area contributed by atoms with Crippen LogP contribution >= 0.6 is 0 Å². The van der Waals surface area contributed by atoms with E-state index in [0.29, 0.717) is 18.3 Å². The van der Waals surface area contributed by atoms with Crippen LogP contribution in [0.15, 0.2) is 11.6 Å². The minimum absolute atomic E-state index is 0.0291. The molecule has 0 spiro atoms. The van der Waals surface area contributed by atoms with E-state index in [1.807, 2.05) is 0 Å². The van der Waals surface area contributed by atoms with Gasteiger partial charge in [0.1, 0.15) is 18.3 Å². The molecule has 5 aliphatic rings. The Bertz CT molecular complexity index is 1060. The van der Waals surface area contributed by atoms with Gasteiger partial charge in [-0.15, -0.1) is 0 Å². The first-order valence-corrected chi connectivity index (χ1v) is 17.2. The maximum atomic E-state index is 12.2. The fourth-order valence-corrected chi connectivity index (χ4v) is 11.8. The van der Waals surface area contributed by atoms with Crippen LogP contribution in [-0.2, 0) is 9.47 Å². The Kier molecular flexibility index (Phi) is 8.89. The first-order chi connectivity index (χ1) is 19.8. The highest BCUT2D eigenvalue weighted by molar-refractivity contribution is 5.20. The number of aliphatic hydroxyl groups excluding tert-OH is 5. The van der Waals surface area contributed by atoms with Crippen LogP contribution in [0, 0.1) is 45.3 Å². The molecule has 0 aromatic heterocycles. The Morgan fingerprint density at radius 2 is 1.51 bits per heavy atom. The highest BCUT2D eigenvalue weighted by atomic mass is 16.7. The van der Waals surface area contributed by atoms with Crippen molar-refractivity contribution in [2.75, 3.05) is 0 Å². The summed E-state index contributed by atoms with van der Waals surface area (Å²) in [5.41, 5.74) is 0.403. The van der Waals surface area contributed by atoms with Gasteiger partial charge in [-0.05, 0) is 131 Å². The number of hydrogen-bond acceptors (Lipinski definition) is 7. The van der Waals surface area contributed by atoms with Crippen molar-refractivity contribution in [1.29, 1.82) is 0 Å². The second-order valence-electron chi connectivity index (χ2n) is 17.3. The van der Waals surface area contributed by atoms with Gasteiger partial charge in [-0.25, -0.2) is 0 Å². The molecule has 0 bridgehead atoms. The lowest BCUT2D eigenvalue weighted by atomic mass is 9.35. The standard InChI is InChI=1S/C36H62O7/c1-20(2)11-10-15-36(9,43-31-30(41)29(40)28(39)21(3)42-31)22-12-17-35(8)27(22)23(37)19-25-33(6)16-14-26(38)32(4,5)24(33)13-18-34(25,35)7/h11,21-31,37-41H,10,12-19H2,1-9H3/t21?,22?,23-,24?,25?,26+,27?,28+,29?,30?,31+,33+,34-,35-,36?/m1/s1. The molecule has 1 heterocycles. The maximum Gasteiger partial charge on any atom is 0.187 e. The molecule has 1 aliphatic heterocycles. The fourth-order valence-electron chi connectivity index (χ4n) is 11.8. The van der Waals surface area contributed by atoms with E-state index < -0.39 is 42.4 Å². The number of ether oxygens (including phenoxy) is 2. The highest BCUT2D eigenvalue weighted by Crippen LogP contribution is 2.76. The largest absolute Gasteiger partial charge is 0.393 e. The molecular formula is C36H62O7. The van der Waals surface area contributed by atoms with Crippen LogP contribution in [-0.4, -0.2) is 74.0 Å². The van der Waals surface area contributed by atoms with E-state index in [9.17, 15) is 25.5 Å². The Morgan fingerprint density at radius 3 is 2.16 bits per heavy atom. The number of aliphatic hydroxyl groups is 5. The van der Waals surface area contributed by atoms with E-state index in [-0.39, 0.29) is 39.6 Å². The van der Waals surface area contributed by atoms with Crippen molar-refractivity contribution in [1.82, 2.24) is 0 Å². The molecule has 0 amide bonds. The van der Waals surface area contributed by atoms with Crippen LogP contribution < -0.4 is 0 Å². The van der Waals surface area contributed by atoms with Gasteiger partial charge < -0.3 is 35.0 Å². The van der Waals surface area contributed by atoms with E-state index >= 15 is 0 Å². The number of fused-ring (bicyclic) bond motifs is 5. The predicted molar refractivity (Wildman–Crippen MR) is 167 cm³/mol. The number of hydrogen-bond donors (Lipinski definition) is 5. The summed E-state index contributed by atoms with van der Waals surface area (Å²) < 4.78 is 12.8. The molecule has 15 atom stereocenters. The predicted octanol–water partition coefficient (Wildman–Crippen LogP) is 5.35. The third kappa shape index (κ3) is 5.10. The van der Waals surface area contributed by atoms with E-state index in [1.165, 1.54) is 5.57 Å². The minimum Gasteiger partial charge on any atom is -0.393 e. The van der Waals surface area contributed by atoms with Gasteiger partial charge in [0.05, 0.1) is 23.9 Å². The molecule has 0 aromatic rings. The van der Waals surface area contributed by atoms with Crippen molar-refractivity contribution in [2.24, 2.45) is 45.3 Å². The molecule has 7 heteroatoms. The summed E-state index contributed by atoms with van der Waals surface area (Å²) in [6.07, 6.45) is 4.06. The molecule has 5 rings (SSSR count). The summed E-state index contributed by atoms with van der Waals surface area (Å²) in [5, 5.41) is 55.1. The molecule has 5 N–H and O–H groups in total. The highest BCUT2D eigenvalue weighted by Gasteiger charge is 2.71. The number of allylic oxidation sites excluding steroid dienone is 2. The van der Waals surface area contributed by atoms with Gasteiger partial charge >= 0.3 is 0 Å². The molecule has 248 valence electrons. The second-order valence-corrected chi connectivity index (χ2v) is 17.3. The number of rotatable bonds is 6. The summed E-state index contributed by atoms with van der Waals surface area (Å²) >= 11 is 0. The molecular weight excluding hydrogens is 544 g/mol. The first kappa shape index (κ1) is 33.8. The molecule has 4 aliphatic carbocycles. The average molecular weight is 607 g/mol. The molecule has 0 aromatic carbocycles. The van der Waals surface area contributed by atoms with Crippen LogP contribution in [0.5, 0.6) is 0 Å². The Balaban J connectivity index is 1.49. The maximum absolute atomic E-state index is 12.2. The van der Waals surface area contributed by atoms with Crippen molar-refractivity contribution in [2.45, 2.75) is 169 Å². The topological polar surface area (TPSA) is 120 Å². The molecule has 43 heavy (non-hydrogen) atoms. The average Bonchev–Trinajstić information content (AvgIpc) is 3.30. The van der Waals surface area contributed by atoms with E-state index in [0.717, 1.165) is 51.4 Å². The summed E-state index contributed by atoms with van der Waals surface area (Å²) in [4.78, 5) is 0. The van der Waals surface area contributed by atoms with Crippen molar-refractivity contribution in [3.63, 3.8) is 0 Å². The van der Waals surface area contributed by atoms with Crippen LogP contribution in [0.1, 0.15) is 120 Å². The van der Waals surface area contributed by atoms with Crippen LogP contribution in [0.2, 0.25) is 0 Å². The molecule has 1 saturated heterocycles. The van der Waals surface area contributed by atoms with Gasteiger partial charge in [-0.3, -0.25) is 0 Å². The summed E-state index contributed by atoms with van der Waals surface area (Å²) in [5.74, 6) is 0.875. The third-order valence-corrected chi connectivity index (χ3v) is 14.5. The first-order valence-electron chi connectivity index (χ1n) is 17.2. The summed E-state index contributed by atoms with van der Waals surface area (Å²) in [6.45, 7) is 19.9. The molecule has 5 fully saturated rings. The third-order valence-electron chi connectivity index (χ3n) is 14.5. The van der Waals surface area contributed by atoms with Gasteiger partial charge in [0.15, 0.2) is 6.29 Å². The van der Waals surface area contributed by atoms with Gasteiger partial charge in [0.2, 0.25) is 0 Å². The SMILES string of the molecule is CC(C)=CCCC(C)(O[C@@H]1OC(C)[C@H](O)C(O)C1O)C1CC[C@]2(C)C1[C@H](O)CC1[C@@]3(C)CC[C@H](O)C(C)(C)C3CC[C@]12C. The van der Waals surface area contributed by atoms with Crippen molar-refractivity contribution >= 4 is 0 Å². The fraction of sp³-hybridized carbons (Fsp3) is 0.944. The smallest absolute Gasteiger partial charge is 0.187 e. The Labute approximate surface area is 260 Å².